The molecule has 40 heavy (non-hydrogen) atoms. The van der Waals surface area contributed by atoms with E-state index in [-0.39, 0.29) is 18.5 Å². The molecule has 3 saturated heterocycles. The average molecular weight is 545 g/mol. The van der Waals surface area contributed by atoms with Crippen LogP contribution in [0.4, 0.5) is 4.79 Å². The van der Waals surface area contributed by atoms with E-state index in [1.54, 1.807) is 7.11 Å². The van der Waals surface area contributed by atoms with E-state index < -0.39 is 5.54 Å². The third-order valence-electron chi connectivity index (χ3n) is 10.1. The molecule has 0 bridgehead atoms. The van der Waals surface area contributed by atoms with Crippen LogP contribution in [0.3, 0.4) is 0 Å². The van der Waals surface area contributed by atoms with Gasteiger partial charge in [-0.2, -0.15) is 0 Å². The maximum atomic E-state index is 13.7. The van der Waals surface area contributed by atoms with Gasteiger partial charge in [-0.05, 0) is 54.4 Å². The molecule has 3 aliphatic heterocycles. The van der Waals surface area contributed by atoms with Crippen LogP contribution in [0.1, 0.15) is 68.4 Å². The SMILES string of the molecule is COc1ccc(CN2C(=O)NC3(CCN(C(CC4CCCCC4)[C@@H]4CNC[C@@H]4c4ccccc4)CC3)C2=O)cc1. The lowest BCUT2D eigenvalue weighted by Gasteiger charge is -2.45. The lowest BCUT2D eigenvalue weighted by atomic mass is 9.75. The van der Waals surface area contributed by atoms with Crippen molar-refractivity contribution in [2.75, 3.05) is 33.3 Å². The van der Waals surface area contributed by atoms with Crippen molar-refractivity contribution in [2.24, 2.45) is 11.8 Å². The molecule has 1 saturated carbocycles. The Morgan fingerprint density at radius 2 is 1.68 bits per heavy atom. The summed E-state index contributed by atoms with van der Waals surface area (Å²) in [6, 6.07) is 18.8. The van der Waals surface area contributed by atoms with Gasteiger partial charge in [-0.25, -0.2) is 4.79 Å². The highest BCUT2D eigenvalue weighted by atomic mass is 16.5. The molecule has 4 aliphatic rings. The van der Waals surface area contributed by atoms with Crippen molar-refractivity contribution in [3.05, 3.63) is 65.7 Å². The molecular formula is C33H44N4O3. The zero-order chi connectivity index (χ0) is 27.5. The third kappa shape index (κ3) is 5.51. The largest absolute Gasteiger partial charge is 0.497 e. The van der Waals surface area contributed by atoms with Crippen molar-refractivity contribution in [3.8, 4) is 5.75 Å². The Morgan fingerprint density at radius 1 is 0.950 bits per heavy atom. The molecule has 2 N–H and O–H groups in total. The highest BCUT2D eigenvalue weighted by molar-refractivity contribution is 6.07. The van der Waals surface area contributed by atoms with Crippen LogP contribution >= 0.6 is 0 Å². The van der Waals surface area contributed by atoms with Crippen molar-refractivity contribution >= 4 is 11.9 Å². The van der Waals surface area contributed by atoms with Gasteiger partial charge in [0.25, 0.3) is 5.91 Å². The number of urea groups is 1. The molecule has 0 radical (unpaired) electrons. The van der Waals surface area contributed by atoms with E-state index >= 15 is 0 Å². The Balaban J connectivity index is 1.16. The molecule has 3 atom stereocenters. The summed E-state index contributed by atoms with van der Waals surface area (Å²) < 4.78 is 5.25. The zero-order valence-corrected chi connectivity index (χ0v) is 23.8. The van der Waals surface area contributed by atoms with E-state index in [1.807, 2.05) is 24.3 Å². The van der Waals surface area contributed by atoms with Gasteiger partial charge in [0.05, 0.1) is 13.7 Å². The first-order chi connectivity index (χ1) is 19.6. The predicted molar refractivity (Wildman–Crippen MR) is 156 cm³/mol. The molecule has 3 amide bonds. The maximum absolute atomic E-state index is 13.7. The normalized spacial score (nSPS) is 26.3. The van der Waals surface area contributed by atoms with Gasteiger partial charge in [-0.15, -0.1) is 0 Å². The number of methoxy groups -OCH3 is 1. The summed E-state index contributed by atoms with van der Waals surface area (Å²) in [4.78, 5) is 30.8. The number of ether oxygens (including phenoxy) is 1. The summed E-state index contributed by atoms with van der Waals surface area (Å²) in [5, 5.41) is 6.85. The quantitative estimate of drug-likeness (QED) is 0.462. The highest BCUT2D eigenvalue weighted by Gasteiger charge is 2.53. The summed E-state index contributed by atoms with van der Waals surface area (Å²) in [7, 11) is 1.63. The lowest BCUT2D eigenvalue weighted by molar-refractivity contribution is -0.133. The molecule has 3 heterocycles. The van der Waals surface area contributed by atoms with E-state index in [1.165, 1.54) is 49.0 Å². The molecular weight excluding hydrogens is 500 g/mol. The number of benzene rings is 2. The average Bonchev–Trinajstić information content (AvgIpc) is 3.57. The topological polar surface area (TPSA) is 73.9 Å². The van der Waals surface area contributed by atoms with E-state index in [9.17, 15) is 9.59 Å². The Labute approximate surface area is 238 Å². The van der Waals surface area contributed by atoms with Gasteiger partial charge < -0.3 is 15.4 Å². The van der Waals surface area contributed by atoms with E-state index in [0.717, 1.165) is 43.4 Å². The Bertz CT molecular complexity index is 1160. The molecule has 7 heteroatoms. The van der Waals surface area contributed by atoms with Crippen LogP contribution in [0.15, 0.2) is 54.6 Å². The second kappa shape index (κ2) is 11.9. The molecule has 2 aromatic rings. The Hall–Kier alpha value is -2.90. The van der Waals surface area contributed by atoms with E-state index in [0.29, 0.717) is 30.7 Å². The van der Waals surface area contributed by atoms with Crippen molar-refractivity contribution in [1.29, 1.82) is 0 Å². The summed E-state index contributed by atoms with van der Waals surface area (Å²) in [6.07, 6.45) is 9.37. The number of carbonyl (C=O) groups is 2. The smallest absolute Gasteiger partial charge is 0.325 e. The molecule has 2 aromatic carbocycles. The molecule has 7 nitrogen and oxygen atoms in total. The summed E-state index contributed by atoms with van der Waals surface area (Å²) in [6.45, 7) is 4.05. The van der Waals surface area contributed by atoms with E-state index in [4.69, 9.17) is 4.74 Å². The number of likely N-dealkylation sites (tertiary alicyclic amines) is 1. The predicted octanol–water partition coefficient (Wildman–Crippen LogP) is 4.92. The fraction of sp³-hybridized carbons (Fsp3) is 0.576. The van der Waals surface area contributed by atoms with Crippen LogP contribution in [0.25, 0.3) is 0 Å². The Kier molecular flexibility index (Phi) is 8.12. The van der Waals surface area contributed by atoms with E-state index in [2.05, 4.69) is 45.9 Å². The van der Waals surface area contributed by atoms with Gasteiger partial charge in [0.1, 0.15) is 11.3 Å². The van der Waals surface area contributed by atoms with Gasteiger partial charge in [-0.3, -0.25) is 14.6 Å². The minimum atomic E-state index is -0.776. The molecule has 4 fully saturated rings. The van der Waals surface area contributed by atoms with Gasteiger partial charge in [0.15, 0.2) is 0 Å². The first-order valence-electron chi connectivity index (χ1n) is 15.3. The molecule has 0 aromatic heterocycles. The van der Waals surface area contributed by atoms with Crippen molar-refractivity contribution in [3.63, 3.8) is 0 Å². The molecule has 6 rings (SSSR count). The second-order valence-electron chi connectivity index (χ2n) is 12.4. The van der Waals surface area contributed by atoms with Crippen LogP contribution in [-0.4, -0.2) is 66.6 Å². The summed E-state index contributed by atoms with van der Waals surface area (Å²) in [5.41, 5.74) is 1.58. The number of carbonyl (C=O) groups excluding carboxylic acids is 2. The molecule has 1 spiro atoms. The number of hydrogen-bond donors (Lipinski definition) is 2. The van der Waals surface area contributed by atoms with Crippen molar-refractivity contribution < 1.29 is 14.3 Å². The Morgan fingerprint density at radius 3 is 2.38 bits per heavy atom. The standard InChI is InChI=1S/C33H44N4O3/c1-40-27-14-12-25(13-15-27)23-37-31(38)33(35-32(37)39)16-18-36(19-17-33)30(20-24-8-4-2-5-9-24)29-22-34-21-28(29)26-10-6-3-7-11-26/h3,6-7,10-15,24,28-30,34H,2,4-5,8-9,16-23H2,1H3,(H,35,39)/t28-,29-,30?/m1/s1. The first kappa shape index (κ1) is 27.3. The number of piperidine rings is 1. The third-order valence-corrected chi connectivity index (χ3v) is 10.1. The van der Waals surface area contributed by atoms with Crippen LogP contribution < -0.4 is 15.4 Å². The summed E-state index contributed by atoms with van der Waals surface area (Å²) >= 11 is 0. The number of nitrogens with one attached hydrogen (secondary N) is 2. The van der Waals surface area contributed by atoms with Crippen LogP contribution in [-0.2, 0) is 11.3 Å². The number of amides is 3. The second-order valence-corrected chi connectivity index (χ2v) is 12.4. The monoisotopic (exact) mass is 544 g/mol. The minimum Gasteiger partial charge on any atom is -0.497 e. The first-order valence-corrected chi connectivity index (χ1v) is 15.3. The van der Waals surface area contributed by atoms with Gasteiger partial charge in [0, 0.05) is 38.1 Å². The number of nitrogens with zero attached hydrogens (tertiary/aromatic N) is 2. The van der Waals surface area contributed by atoms with Crippen LogP contribution in [0, 0.1) is 11.8 Å². The summed E-state index contributed by atoms with van der Waals surface area (Å²) in [5.74, 6) is 2.55. The zero-order valence-electron chi connectivity index (χ0n) is 23.8. The fourth-order valence-electron chi connectivity index (χ4n) is 7.84. The van der Waals surface area contributed by atoms with Gasteiger partial charge in [0.2, 0.25) is 0 Å². The molecule has 1 aliphatic carbocycles. The van der Waals surface area contributed by atoms with Crippen molar-refractivity contribution in [2.45, 2.75) is 75.4 Å². The minimum absolute atomic E-state index is 0.0681. The number of hydrogen-bond acceptors (Lipinski definition) is 5. The maximum Gasteiger partial charge on any atom is 0.325 e. The van der Waals surface area contributed by atoms with Gasteiger partial charge in [-0.1, -0.05) is 74.6 Å². The number of rotatable bonds is 8. The van der Waals surface area contributed by atoms with Crippen LogP contribution in [0.5, 0.6) is 5.75 Å². The van der Waals surface area contributed by atoms with Crippen LogP contribution in [0.2, 0.25) is 0 Å². The highest BCUT2D eigenvalue weighted by Crippen LogP contribution is 2.40. The number of imide groups is 1. The molecule has 214 valence electrons. The van der Waals surface area contributed by atoms with Gasteiger partial charge >= 0.3 is 6.03 Å². The van der Waals surface area contributed by atoms with Crippen molar-refractivity contribution in [1.82, 2.24) is 20.4 Å². The fourth-order valence-corrected chi connectivity index (χ4v) is 7.84. The molecule has 1 unspecified atom stereocenters. The lowest BCUT2D eigenvalue weighted by Crippen LogP contribution is -2.58.